The number of aromatic amines is 1. The molecular formula is C10H11N3O. The summed E-state index contributed by atoms with van der Waals surface area (Å²) in [5.41, 5.74) is 1.61. The highest BCUT2D eigenvalue weighted by atomic mass is 16.1. The monoisotopic (exact) mass is 189 g/mol. The molecule has 2 heterocycles. The molecule has 72 valence electrons. The number of aromatic nitrogens is 3. The Morgan fingerprint density at radius 3 is 3.07 bits per heavy atom. The molecule has 0 saturated carbocycles. The molecule has 2 rings (SSSR count). The number of nitrogens with zero attached hydrogens (tertiary/aromatic N) is 2. The fraction of sp³-hybridized carbons (Fsp3) is 0.200. The van der Waals surface area contributed by atoms with Crippen LogP contribution in [0.25, 0.3) is 5.69 Å². The highest BCUT2D eigenvalue weighted by molar-refractivity contribution is 5.27. The van der Waals surface area contributed by atoms with Gasteiger partial charge in [-0.3, -0.25) is 14.5 Å². The standard InChI is InChI=1S/C10H11N3O/c1-2-8-4-3-5-13(10(8)14)9-6-11-12-7-9/h3-7H,2H2,1H3,(H,11,12). The van der Waals surface area contributed by atoms with Crippen LogP contribution in [-0.4, -0.2) is 14.8 Å². The van der Waals surface area contributed by atoms with E-state index < -0.39 is 0 Å². The predicted molar refractivity (Wildman–Crippen MR) is 53.6 cm³/mol. The minimum absolute atomic E-state index is 0.0244. The van der Waals surface area contributed by atoms with Crippen molar-refractivity contribution >= 4 is 0 Å². The maximum Gasteiger partial charge on any atom is 0.258 e. The molecule has 0 radical (unpaired) electrons. The average Bonchev–Trinajstić information content (AvgIpc) is 2.71. The van der Waals surface area contributed by atoms with Crippen molar-refractivity contribution in [2.24, 2.45) is 0 Å². The zero-order valence-electron chi connectivity index (χ0n) is 7.90. The Balaban J connectivity index is 2.60. The Kier molecular flexibility index (Phi) is 2.18. The second-order valence-corrected chi connectivity index (χ2v) is 3.02. The molecule has 0 unspecified atom stereocenters. The van der Waals surface area contributed by atoms with Crippen LogP contribution in [0, 0.1) is 0 Å². The van der Waals surface area contributed by atoms with Gasteiger partial charge in [-0.25, -0.2) is 0 Å². The van der Waals surface area contributed by atoms with Crippen LogP contribution in [0.4, 0.5) is 0 Å². The molecular weight excluding hydrogens is 178 g/mol. The quantitative estimate of drug-likeness (QED) is 0.769. The molecule has 0 aliphatic carbocycles. The van der Waals surface area contributed by atoms with Crippen LogP contribution >= 0.6 is 0 Å². The highest BCUT2D eigenvalue weighted by Crippen LogP contribution is 2.01. The van der Waals surface area contributed by atoms with Crippen molar-refractivity contribution in [3.8, 4) is 5.69 Å². The summed E-state index contributed by atoms with van der Waals surface area (Å²) < 4.78 is 1.59. The molecule has 4 nitrogen and oxygen atoms in total. The molecule has 2 aromatic rings. The van der Waals surface area contributed by atoms with E-state index in [9.17, 15) is 4.79 Å². The molecule has 0 atom stereocenters. The second kappa shape index (κ2) is 3.49. The highest BCUT2D eigenvalue weighted by Gasteiger charge is 2.03. The van der Waals surface area contributed by atoms with E-state index in [0.717, 1.165) is 17.7 Å². The number of pyridine rings is 1. The Labute approximate surface area is 81.2 Å². The first-order valence-corrected chi connectivity index (χ1v) is 4.52. The third-order valence-corrected chi connectivity index (χ3v) is 2.17. The van der Waals surface area contributed by atoms with Crippen LogP contribution in [0.5, 0.6) is 0 Å². The van der Waals surface area contributed by atoms with Crippen molar-refractivity contribution in [3.63, 3.8) is 0 Å². The number of nitrogens with one attached hydrogen (secondary N) is 1. The summed E-state index contributed by atoms with van der Waals surface area (Å²) in [5.74, 6) is 0. The van der Waals surface area contributed by atoms with Gasteiger partial charge < -0.3 is 0 Å². The Hall–Kier alpha value is -1.84. The SMILES string of the molecule is CCc1cccn(-c2cn[nH]c2)c1=O. The Morgan fingerprint density at radius 2 is 2.43 bits per heavy atom. The average molecular weight is 189 g/mol. The van der Waals surface area contributed by atoms with Crippen LogP contribution in [-0.2, 0) is 6.42 Å². The van der Waals surface area contributed by atoms with E-state index in [1.807, 2.05) is 19.1 Å². The lowest BCUT2D eigenvalue weighted by Crippen LogP contribution is -2.20. The summed E-state index contributed by atoms with van der Waals surface area (Å²) in [5, 5.41) is 6.49. The summed E-state index contributed by atoms with van der Waals surface area (Å²) in [6.07, 6.45) is 5.81. The smallest absolute Gasteiger partial charge is 0.258 e. The zero-order chi connectivity index (χ0) is 9.97. The third kappa shape index (κ3) is 1.35. The predicted octanol–water partition coefficient (Wildman–Crippen LogP) is 1.12. The maximum atomic E-state index is 11.8. The first kappa shape index (κ1) is 8.74. The fourth-order valence-electron chi connectivity index (χ4n) is 1.39. The van der Waals surface area contributed by atoms with Gasteiger partial charge in [0.05, 0.1) is 11.9 Å². The summed E-state index contributed by atoms with van der Waals surface area (Å²) in [6, 6.07) is 3.71. The lowest BCUT2D eigenvalue weighted by Gasteiger charge is -2.03. The van der Waals surface area contributed by atoms with E-state index >= 15 is 0 Å². The van der Waals surface area contributed by atoms with Gasteiger partial charge in [-0.05, 0) is 12.5 Å². The molecule has 0 spiro atoms. The lowest BCUT2D eigenvalue weighted by molar-refractivity contribution is 0.940. The van der Waals surface area contributed by atoms with Crippen molar-refractivity contribution in [1.29, 1.82) is 0 Å². The van der Waals surface area contributed by atoms with Crippen molar-refractivity contribution in [2.75, 3.05) is 0 Å². The normalized spacial score (nSPS) is 10.4. The first-order valence-electron chi connectivity index (χ1n) is 4.52. The molecule has 0 aliphatic heterocycles. The van der Waals surface area contributed by atoms with Gasteiger partial charge in [0.15, 0.2) is 0 Å². The summed E-state index contributed by atoms with van der Waals surface area (Å²) in [6.45, 7) is 1.97. The van der Waals surface area contributed by atoms with E-state index in [0.29, 0.717) is 0 Å². The van der Waals surface area contributed by atoms with Gasteiger partial charge in [0, 0.05) is 18.0 Å². The van der Waals surface area contributed by atoms with Crippen LogP contribution in [0.15, 0.2) is 35.5 Å². The molecule has 0 amide bonds. The molecule has 0 bridgehead atoms. The van der Waals surface area contributed by atoms with Crippen molar-refractivity contribution in [1.82, 2.24) is 14.8 Å². The molecule has 14 heavy (non-hydrogen) atoms. The van der Waals surface area contributed by atoms with E-state index in [2.05, 4.69) is 10.2 Å². The minimum Gasteiger partial charge on any atom is -0.284 e. The van der Waals surface area contributed by atoms with Crippen molar-refractivity contribution in [2.45, 2.75) is 13.3 Å². The number of H-pyrrole nitrogens is 1. The van der Waals surface area contributed by atoms with Crippen LogP contribution in [0.2, 0.25) is 0 Å². The molecule has 0 aliphatic rings. The molecule has 2 aromatic heterocycles. The van der Waals surface area contributed by atoms with E-state index in [4.69, 9.17) is 0 Å². The number of aryl methyl sites for hydroxylation is 1. The van der Waals surface area contributed by atoms with Gasteiger partial charge in [-0.15, -0.1) is 0 Å². The van der Waals surface area contributed by atoms with Crippen molar-refractivity contribution < 1.29 is 0 Å². The Morgan fingerprint density at radius 1 is 1.57 bits per heavy atom. The third-order valence-electron chi connectivity index (χ3n) is 2.17. The molecule has 0 saturated heterocycles. The largest absolute Gasteiger partial charge is 0.284 e. The lowest BCUT2D eigenvalue weighted by atomic mass is 10.2. The first-order chi connectivity index (χ1) is 6.83. The van der Waals surface area contributed by atoms with Gasteiger partial charge >= 0.3 is 0 Å². The van der Waals surface area contributed by atoms with E-state index in [1.54, 1.807) is 23.2 Å². The van der Waals surface area contributed by atoms with Gasteiger partial charge in [0.25, 0.3) is 5.56 Å². The fourth-order valence-corrected chi connectivity index (χ4v) is 1.39. The minimum atomic E-state index is 0.0244. The Bertz CT molecular complexity index is 470. The van der Waals surface area contributed by atoms with Crippen LogP contribution in [0.3, 0.4) is 0 Å². The second-order valence-electron chi connectivity index (χ2n) is 3.02. The topological polar surface area (TPSA) is 50.7 Å². The van der Waals surface area contributed by atoms with Gasteiger partial charge in [0.1, 0.15) is 0 Å². The van der Waals surface area contributed by atoms with Gasteiger partial charge in [-0.1, -0.05) is 13.0 Å². The molecule has 0 fully saturated rings. The summed E-state index contributed by atoms with van der Waals surface area (Å²) in [4.78, 5) is 11.8. The van der Waals surface area contributed by atoms with E-state index in [-0.39, 0.29) is 5.56 Å². The summed E-state index contributed by atoms with van der Waals surface area (Å²) >= 11 is 0. The van der Waals surface area contributed by atoms with E-state index in [1.165, 1.54) is 0 Å². The van der Waals surface area contributed by atoms with Crippen LogP contribution in [0.1, 0.15) is 12.5 Å². The maximum absolute atomic E-state index is 11.8. The van der Waals surface area contributed by atoms with Gasteiger partial charge in [0.2, 0.25) is 0 Å². The number of hydrogen-bond donors (Lipinski definition) is 1. The molecule has 1 N–H and O–H groups in total. The van der Waals surface area contributed by atoms with Crippen LogP contribution < -0.4 is 5.56 Å². The molecule has 4 heteroatoms. The molecule has 0 aromatic carbocycles. The number of hydrogen-bond acceptors (Lipinski definition) is 2. The van der Waals surface area contributed by atoms with Crippen molar-refractivity contribution in [3.05, 3.63) is 46.6 Å². The zero-order valence-corrected chi connectivity index (χ0v) is 7.90. The summed E-state index contributed by atoms with van der Waals surface area (Å²) in [7, 11) is 0. The van der Waals surface area contributed by atoms with Gasteiger partial charge in [-0.2, -0.15) is 5.10 Å². The number of rotatable bonds is 2.